The lowest BCUT2D eigenvalue weighted by Gasteiger charge is -2.23. The molecule has 250 valence electrons. The van der Waals surface area contributed by atoms with Crippen molar-refractivity contribution in [2.45, 2.75) is 52.4 Å². The molecule has 0 fully saturated rings. The van der Waals surface area contributed by atoms with Crippen molar-refractivity contribution in [1.29, 1.82) is 0 Å². The Hall–Kier alpha value is -5.72. The quantitative estimate of drug-likeness (QED) is 0.165. The van der Waals surface area contributed by atoms with Gasteiger partial charge in [-0.05, 0) is 143 Å². The van der Waals surface area contributed by atoms with Gasteiger partial charge in [0.25, 0.3) is 0 Å². The van der Waals surface area contributed by atoms with Crippen molar-refractivity contribution >= 4 is 21.5 Å². The first-order valence-corrected chi connectivity index (χ1v) is 18.7. The number of aryl methyl sites for hydroxylation is 2. The van der Waals surface area contributed by atoms with E-state index in [1.807, 2.05) is 0 Å². The third-order valence-electron chi connectivity index (χ3n) is 12.6. The molecule has 2 aliphatic rings. The highest BCUT2D eigenvalue weighted by molar-refractivity contribution is 6.22. The van der Waals surface area contributed by atoms with Gasteiger partial charge >= 0.3 is 0 Å². The lowest BCUT2D eigenvalue weighted by atomic mass is 9.80. The van der Waals surface area contributed by atoms with E-state index in [1.165, 1.54) is 111 Å². The van der Waals surface area contributed by atoms with Crippen LogP contribution in [0.5, 0.6) is 0 Å². The molecule has 0 atom stereocenters. The van der Waals surface area contributed by atoms with E-state index in [1.54, 1.807) is 0 Å². The fourth-order valence-corrected chi connectivity index (χ4v) is 9.62. The molecule has 0 amide bonds. The predicted molar refractivity (Wildman–Crippen MR) is 222 cm³/mol. The molecule has 0 unspecified atom stereocenters. The number of benzene rings is 8. The summed E-state index contributed by atoms with van der Waals surface area (Å²) in [7, 11) is 0. The molecule has 0 nitrogen and oxygen atoms in total. The Morgan fingerprint density at radius 3 is 1.35 bits per heavy atom. The molecule has 10 rings (SSSR count). The van der Waals surface area contributed by atoms with Crippen molar-refractivity contribution in [3.8, 4) is 55.6 Å². The molecule has 0 heterocycles. The molecule has 2 aliphatic carbocycles. The lowest BCUT2D eigenvalue weighted by molar-refractivity contribution is 0.660. The van der Waals surface area contributed by atoms with E-state index in [0.717, 1.165) is 0 Å². The van der Waals surface area contributed by atoms with Crippen LogP contribution in [0.25, 0.3) is 77.2 Å². The number of fused-ring (bicyclic) bond motifs is 8. The molecule has 0 spiro atoms. The molecule has 0 saturated heterocycles. The first kappa shape index (κ1) is 31.1. The molecule has 0 radical (unpaired) electrons. The monoisotopic (exact) mass is 666 g/mol. The first-order valence-electron chi connectivity index (χ1n) is 18.7. The Labute approximate surface area is 307 Å². The molecule has 0 aliphatic heterocycles. The zero-order chi connectivity index (χ0) is 35.5. The van der Waals surface area contributed by atoms with Gasteiger partial charge in [-0.25, -0.2) is 0 Å². The summed E-state index contributed by atoms with van der Waals surface area (Å²) in [5.74, 6) is 0. The second-order valence-electron chi connectivity index (χ2n) is 16.2. The van der Waals surface area contributed by atoms with Crippen LogP contribution in [0.1, 0.15) is 61.1 Å². The van der Waals surface area contributed by atoms with Gasteiger partial charge in [-0.15, -0.1) is 0 Å². The number of hydrogen-bond donors (Lipinski definition) is 0. The fraction of sp³-hybridized carbons (Fsp3) is 0.154. The molecule has 0 N–H and O–H groups in total. The van der Waals surface area contributed by atoms with Gasteiger partial charge < -0.3 is 0 Å². The fourth-order valence-electron chi connectivity index (χ4n) is 9.62. The number of rotatable bonds is 3. The van der Waals surface area contributed by atoms with Gasteiger partial charge in [0.05, 0.1) is 0 Å². The Morgan fingerprint density at radius 1 is 0.308 bits per heavy atom. The van der Waals surface area contributed by atoms with Crippen molar-refractivity contribution in [3.05, 3.63) is 179 Å². The maximum absolute atomic E-state index is 2.49. The van der Waals surface area contributed by atoms with Crippen molar-refractivity contribution in [1.82, 2.24) is 0 Å². The second-order valence-corrected chi connectivity index (χ2v) is 16.2. The van der Waals surface area contributed by atoms with E-state index in [-0.39, 0.29) is 10.8 Å². The average Bonchev–Trinajstić information content (AvgIpc) is 3.53. The standard InChI is InChI=1S/C52H42/c1-31-19-20-35(27-32(31)2)49-41-15-7-8-16-42(41)50(36-23-25-40-38-14-10-12-18-46(38)52(5,6)48(40)30-36)44-28-33(22-26-43(44)49)34-21-24-39-37-13-9-11-17-45(37)51(3,4)47(39)29-34/h7-30H,1-6H3. The molecule has 8 aromatic rings. The summed E-state index contributed by atoms with van der Waals surface area (Å²) in [6.45, 7) is 13.9. The highest BCUT2D eigenvalue weighted by Gasteiger charge is 2.36. The van der Waals surface area contributed by atoms with Gasteiger partial charge in [-0.1, -0.05) is 155 Å². The first-order chi connectivity index (χ1) is 25.1. The molecule has 52 heavy (non-hydrogen) atoms. The van der Waals surface area contributed by atoms with Gasteiger partial charge in [-0.2, -0.15) is 0 Å². The minimum Gasteiger partial charge on any atom is -0.0619 e. The summed E-state index contributed by atoms with van der Waals surface area (Å²) in [5, 5.41) is 5.17. The summed E-state index contributed by atoms with van der Waals surface area (Å²) in [6, 6.07) is 55.5. The minimum atomic E-state index is -0.0765. The van der Waals surface area contributed by atoms with Crippen molar-refractivity contribution in [3.63, 3.8) is 0 Å². The van der Waals surface area contributed by atoms with E-state index < -0.39 is 0 Å². The van der Waals surface area contributed by atoms with Crippen molar-refractivity contribution in [2.24, 2.45) is 0 Å². The highest BCUT2D eigenvalue weighted by Crippen LogP contribution is 2.53. The molecular formula is C52H42. The Morgan fingerprint density at radius 2 is 0.731 bits per heavy atom. The van der Waals surface area contributed by atoms with E-state index in [9.17, 15) is 0 Å². The maximum Gasteiger partial charge on any atom is 0.0159 e. The van der Waals surface area contributed by atoms with Gasteiger partial charge in [0.2, 0.25) is 0 Å². The van der Waals surface area contributed by atoms with Gasteiger partial charge in [0.15, 0.2) is 0 Å². The molecular weight excluding hydrogens is 625 g/mol. The van der Waals surface area contributed by atoms with Crippen LogP contribution in [0, 0.1) is 13.8 Å². The zero-order valence-corrected chi connectivity index (χ0v) is 30.9. The molecule has 0 saturated carbocycles. The van der Waals surface area contributed by atoms with Crippen LogP contribution in [0.2, 0.25) is 0 Å². The van der Waals surface area contributed by atoms with Crippen LogP contribution < -0.4 is 0 Å². The van der Waals surface area contributed by atoms with Crippen molar-refractivity contribution < 1.29 is 0 Å². The lowest BCUT2D eigenvalue weighted by Crippen LogP contribution is -2.14. The predicted octanol–water partition coefficient (Wildman–Crippen LogP) is 14.2. The van der Waals surface area contributed by atoms with Crippen LogP contribution in [0.4, 0.5) is 0 Å². The van der Waals surface area contributed by atoms with Gasteiger partial charge in [-0.3, -0.25) is 0 Å². The second kappa shape index (κ2) is 10.9. The summed E-state index contributed by atoms with van der Waals surface area (Å²) < 4.78 is 0. The smallest absolute Gasteiger partial charge is 0.0159 e. The summed E-state index contributed by atoms with van der Waals surface area (Å²) in [5.41, 5.74) is 21.2. The summed E-state index contributed by atoms with van der Waals surface area (Å²) in [4.78, 5) is 0. The number of hydrogen-bond acceptors (Lipinski definition) is 0. The van der Waals surface area contributed by atoms with Crippen molar-refractivity contribution in [2.75, 3.05) is 0 Å². The SMILES string of the molecule is Cc1ccc(-c2c3ccccc3c(-c3ccc4c(c3)C(C)(C)c3ccccc3-4)c3cc(-c4ccc5c(c4)C(C)(C)c4ccccc4-5)ccc23)cc1C. The average molecular weight is 667 g/mol. The highest BCUT2D eigenvalue weighted by atomic mass is 14.4. The third kappa shape index (κ3) is 4.28. The summed E-state index contributed by atoms with van der Waals surface area (Å²) in [6.07, 6.45) is 0. The van der Waals surface area contributed by atoms with Crippen LogP contribution in [-0.2, 0) is 10.8 Å². The summed E-state index contributed by atoms with van der Waals surface area (Å²) >= 11 is 0. The van der Waals surface area contributed by atoms with Gasteiger partial charge in [0.1, 0.15) is 0 Å². The van der Waals surface area contributed by atoms with E-state index in [2.05, 4.69) is 187 Å². The van der Waals surface area contributed by atoms with E-state index in [4.69, 9.17) is 0 Å². The van der Waals surface area contributed by atoms with E-state index >= 15 is 0 Å². The minimum absolute atomic E-state index is 0.0502. The largest absolute Gasteiger partial charge is 0.0619 e. The zero-order valence-electron chi connectivity index (χ0n) is 30.9. The van der Waals surface area contributed by atoms with Crippen LogP contribution >= 0.6 is 0 Å². The molecule has 8 aromatic carbocycles. The maximum atomic E-state index is 2.49. The van der Waals surface area contributed by atoms with Crippen LogP contribution in [-0.4, -0.2) is 0 Å². The molecule has 0 aromatic heterocycles. The molecule has 0 bridgehead atoms. The van der Waals surface area contributed by atoms with E-state index in [0.29, 0.717) is 0 Å². The third-order valence-corrected chi connectivity index (χ3v) is 12.6. The van der Waals surface area contributed by atoms with Crippen LogP contribution in [0.15, 0.2) is 146 Å². The Balaban J connectivity index is 1.26. The Bertz CT molecular complexity index is 2800. The molecule has 0 heteroatoms. The normalized spacial score (nSPS) is 14.7. The topological polar surface area (TPSA) is 0 Å². The van der Waals surface area contributed by atoms with Gasteiger partial charge in [0, 0.05) is 10.8 Å². The van der Waals surface area contributed by atoms with Crippen LogP contribution in [0.3, 0.4) is 0 Å². The Kier molecular flexibility index (Phi) is 6.50.